The standard InChI is InChI=1S/C24H31NO/c1-2-6-20(7-3-1)12-15-26-19-22-16-24(17-22)23-10-8-21(9-11-23)18-25-13-4-5-14-25/h1-3,6-11,22,24H,4-5,12-19H2. The molecule has 0 aromatic heterocycles. The molecule has 2 heteroatoms. The lowest BCUT2D eigenvalue weighted by atomic mass is 9.72. The van der Waals surface area contributed by atoms with Gasteiger partial charge in [0.2, 0.25) is 0 Å². The molecule has 1 aliphatic carbocycles. The van der Waals surface area contributed by atoms with E-state index in [1.807, 2.05) is 0 Å². The van der Waals surface area contributed by atoms with E-state index in [-0.39, 0.29) is 0 Å². The summed E-state index contributed by atoms with van der Waals surface area (Å²) in [6.07, 6.45) is 6.34. The van der Waals surface area contributed by atoms with Crippen molar-refractivity contribution in [2.24, 2.45) is 5.92 Å². The number of hydrogen-bond acceptors (Lipinski definition) is 2. The molecule has 1 saturated carbocycles. The first-order valence-electron chi connectivity index (χ1n) is 10.3. The number of benzene rings is 2. The minimum atomic E-state index is 0.749. The van der Waals surface area contributed by atoms with E-state index in [1.54, 1.807) is 0 Å². The predicted octanol–water partition coefficient (Wildman–Crippen LogP) is 5.04. The van der Waals surface area contributed by atoms with Crippen LogP contribution in [-0.2, 0) is 17.7 Å². The molecular formula is C24H31NO. The zero-order valence-electron chi connectivity index (χ0n) is 15.8. The molecule has 0 bridgehead atoms. The number of hydrogen-bond donors (Lipinski definition) is 0. The van der Waals surface area contributed by atoms with Crippen molar-refractivity contribution in [1.82, 2.24) is 4.90 Å². The van der Waals surface area contributed by atoms with Gasteiger partial charge in [-0.05, 0) is 73.7 Å². The molecule has 2 aliphatic rings. The first-order chi connectivity index (χ1) is 12.9. The highest BCUT2D eigenvalue weighted by atomic mass is 16.5. The lowest BCUT2D eigenvalue weighted by Crippen LogP contribution is -2.26. The van der Waals surface area contributed by atoms with E-state index in [0.29, 0.717) is 0 Å². The minimum Gasteiger partial charge on any atom is -0.381 e. The van der Waals surface area contributed by atoms with Crippen LogP contribution in [0.4, 0.5) is 0 Å². The number of likely N-dealkylation sites (tertiary alicyclic amines) is 1. The highest BCUT2D eigenvalue weighted by molar-refractivity contribution is 5.27. The summed E-state index contributed by atoms with van der Waals surface area (Å²) in [4.78, 5) is 2.57. The van der Waals surface area contributed by atoms with E-state index < -0.39 is 0 Å². The lowest BCUT2D eigenvalue weighted by Gasteiger charge is -2.35. The van der Waals surface area contributed by atoms with Gasteiger partial charge in [-0.1, -0.05) is 54.6 Å². The predicted molar refractivity (Wildman–Crippen MR) is 107 cm³/mol. The second-order valence-corrected chi connectivity index (χ2v) is 8.07. The van der Waals surface area contributed by atoms with Crippen LogP contribution in [0.1, 0.15) is 48.3 Å². The van der Waals surface area contributed by atoms with Crippen molar-refractivity contribution in [1.29, 1.82) is 0 Å². The zero-order chi connectivity index (χ0) is 17.6. The van der Waals surface area contributed by atoms with Gasteiger partial charge in [-0.25, -0.2) is 0 Å². The van der Waals surface area contributed by atoms with E-state index in [9.17, 15) is 0 Å². The number of rotatable bonds is 8. The Morgan fingerprint density at radius 1 is 0.846 bits per heavy atom. The molecule has 0 atom stereocenters. The Bertz CT molecular complexity index is 654. The lowest BCUT2D eigenvalue weighted by molar-refractivity contribution is 0.0626. The van der Waals surface area contributed by atoms with Gasteiger partial charge in [0.05, 0.1) is 6.61 Å². The van der Waals surface area contributed by atoms with E-state index in [4.69, 9.17) is 4.74 Å². The fraction of sp³-hybridized carbons (Fsp3) is 0.500. The Morgan fingerprint density at radius 2 is 1.58 bits per heavy atom. The maximum absolute atomic E-state index is 5.91. The highest BCUT2D eigenvalue weighted by Gasteiger charge is 2.30. The van der Waals surface area contributed by atoms with Crippen molar-refractivity contribution < 1.29 is 4.74 Å². The van der Waals surface area contributed by atoms with Gasteiger partial charge in [0.15, 0.2) is 0 Å². The summed E-state index contributed by atoms with van der Waals surface area (Å²) >= 11 is 0. The summed E-state index contributed by atoms with van der Waals surface area (Å²) in [6, 6.07) is 20.0. The van der Waals surface area contributed by atoms with Crippen LogP contribution < -0.4 is 0 Å². The zero-order valence-corrected chi connectivity index (χ0v) is 15.8. The van der Waals surface area contributed by atoms with Crippen LogP contribution in [0.5, 0.6) is 0 Å². The highest BCUT2D eigenvalue weighted by Crippen LogP contribution is 2.41. The fourth-order valence-corrected chi connectivity index (χ4v) is 4.32. The van der Waals surface area contributed by atoms with Crippen LogP contribution in [0.15, 0.2) is 54.6 Å². The Labute approximate surface area is 158 Å². The summed E-state index contributed by atoms with van der Waals surface area (Å²) in [5.41, 5.74) is 4.36. The van der Waals surface area contributed by atoms with Crippen LogP contribution in [0.3, 0.4) is 0 Å². The van der Waals surface area contributed by atoms with Gasteiger partial charge in [-0.3, -0.25) is 4.90 Å². The Morgan fingerprint density at radius 3 is 2.31 bits per heavy atom. The van der Waals surface area contributed by atoms with Crippen LogP contribution >= 0.6 is 0 Å². The van der Waals surface area contributed by atoms with Crippen molar-refractivity contribution in [2.75, 3.05) is 26.3 Å². The van der Waals surface area contributed by atoms with E-state index >= 15 is 0 Å². The first-order valence-corrected chi connectivity index (χ1v) is 10.3. The van der Waals surface area contributed by atoms with Crippen molar-refractivity contribution in [2.45, 2.75) is 44.6 Å². The molecule has 26 heavy (non-hydrogen) atoms. The minimum absolute atomic E-state index is 0.749. The Kier molecular flexibility index (Phi) is 6.03. The van der Waals surface area contributed by atoms with E-state index in [0.717, 1.165) is 38.0 Å². The Hall–Kier alpha value is -1.64. The second kappa shape index (κ2) is 8.83. The molecule has 4 rings (SSSR count). The summed E-state index contributed by atoms with van der Waals surface area (Å²) in [7, 11) is 0. The van der Waals surface area contributed by atoms with Gasteiger partial charge in [0.1, 0.15) is 0 Å². The molecule has 0 N–H and O–H groups in total. The third kappa shape index (κ3) is 4.75. The van der Waals surface area contributed by atoms with Gasteiger partial charge >= 0.3 is 0 Å². The summed E-state index contributed by atoms with van der Waals surface area (Å²) in [5.74, 6) is 1.50. The van der Waals surface area contributed by atoms with Crippen molar-refractivity contribution in [3.8, 4) is 0 Å². The number of ether oxygens (including phenoxy) is 1. The molecule has 2 fully saturated rings. The monoisotopic (exact) mass is 349 g/mol. The van der Waals surface area contributed by atoms with Crippen LogP contribution in [-0.4, -0.2) is 31.2 Å². The average Bonchev–Trinajstić information content (AvgIpc) is 3.15. The maximum Gasteiger partial charge on any atom is 0.0506 e. The largest absolute Gasteiger partial charge is 0.381 e. The molecule has 0 amide bonds. The Balaban J connectivity index is 1.14. The van der Waals surface area contributed by atoms with Crippen molar-refractivity contribution in [3.63, 3.8) is 0 Å². The van der Waals surface area contributed by atoms with Crippen LogP contribution in [0.25, 0.3) is 0 Å². The molecule has 1 saturated heterocycles. The first kappa shape index (κ1) is 17.8. The third-order valence-electron chi connectivity index (χ3n) is 6.02. The molecule has 1 aliphatic heterocycles. The maximum atomic E-state index is 5.91. The quantitative estimate of drug-likeness (QED) is 0.619. The van der Waals surface area contributed by atoms with Crippen molar-refractivity contribution in [3.05, 3.63) is 71.3 Å². The molecule has 2 aromatic rings. The third-order valence-corrected chi connectivity index (χ3v) is 6.02. The molecule has 0 spiro atoms. The van der Waals surface area contributed by atoms with Gasteiger partial charge in [0.25, 0.3) is 0 Å². The summed E-state index contributed by atoms with van der Waals surface area (Å²) < 4.78 is 5.91. The van der Waals surface area contributed by atoms with Crippen molar-refractivity contribution >= 4 is 0 Å². The SMILES string of the molecule is c1ccc(CCOCC2CC(c3ccc(CN4CCCC4)cc3)C2)cc1. The number of nitrogens with zero attached hydrogens (tertiary/aromatic N) is 1. The van der Waals surface area contributed by atoms with Gasteiger partial charge < -0.3 is 4.74 Å². The molecule has 1 heterocycles. The van der Waals surface area contributed by atoms with Gasteiger partial charge in [0, 0.05) is 13.2 Å². The summed E-state index contributed by atoms with van der Waals surface area (Å²) in [5, 5.41) is 0. The average molecular weight is 350 g/mol. The molecular weight excluding hydrogens is 318 g/mol. The summed E-state index contributed by atoms with van der Waals surface area (Å²) in [6.45, 7) is 5.45. The van der Waals surface area contributed by atoms with E-state index in [1.165, 1.54) is 55.5 Å². The normalized spacial score (nSPS) is 23.1. The molecule has 0 radical (unpaired) electrons. The molecule has 0 unspecified atom stereocenters. The van der Waals surface area contributed by atoms with E-state index in [2.05, 4.69) is 59.5 Å². The molecule has 138 valence electrons. The second-order valence-electron chi connectivity index (χ2n) is 8.07. The fourth-order valence-electron chi connectivity index (χ4n) is 4.32. The topological polar surface area (TPSA) is 12.5 Å². The van der Waals surface area contributed by atoms with Gasteiger partial charge in [-0.2, -0.15) is 0 Å². The van der Waals surface area contributed by atoms with Crippen LogP contribution in [0.2, 0.25) is 0 Å². The smallest absolute Gasteiger partial charge is 0.0506 e. The van der Waals surface area contributed by atoms with Gasteiger partial charge in [-0.15, -0.1) is 0 Å². The molecule has 2 aromatic carbocycles. The van der Waals surface area contributed by atoms with Crippen LogP contribution in [0, 0.1) is 5.92 Å². The molecule has 2 nitrogen and oxygen atoms in total.